The van der Waals surface area contributed by atoms with Gasteiger partial charge in [0.25, 0.3) is 5.91 Å². The fourth-order valence-electron chi connectivity index (χ4n) is 2.40. The summed E-state index contributed by atoms with van der Waals surface area (Å²) >= 11 is 3.48. The Morgan fingerprint density at radius 2 is 1.96 bits per heavy atom. The maximum absolute atomic E-state index is 12.8. The number of nitrogens with zero attached hydrogens (tertiary/aromatic N) is 3. The van der Waals surface area contributed by atoms with Gasteiger partial charge in [-0.3, -0.25) is 4.79 Å². The largest absolute Gasteiger partial charge is 0.336 e. The Bertz CT molecular complexity index is 643. The average Bonchev–Trinajstić information content (AvgIpc) is 2.90. The molecule has 1 fully saturated rings. The maximum atomic E-state index is 12.8. The van der Waals surface area contributed by atoms with E-state index in [1.807, 2.05) is 34.9 Å². The van der Waals surface area contributed by atoms with E-state index in [-0.39, 0.29) is 5.91 Å². The van der Waals surface area contributed by atoms with Crippen LogP contribution in [0.25, 0.3) is 0 Å². The Morgan fingerprint density at radius 1 is 1.13 bits per heavy atom. The van der Waals surface area contributed by atoms with E-state index in [4.69, 9.17) is 0 Å². The van der Waals surface area contributed by atoms with Crippen molar-refractivity contribution in [2.45, 2.75) is 17.2 Å². The molecule has 0 saturated carbocycles. The van der Waals surface area contributed by atoms with E-state index in [2.05, 4.69) is 22.1 Å². The van der Waals surface area contributed by atoms with Crippen molar-refractivity contribution in [3.05, 3.63) is 54.0 Å². The Kier molecular flexibility index (Phi) is 5.93. The SMILES string of the molecule is O=C(c1nccnc1SCc1ccccc1)N1CCCSCC1. The zero-order chi connectivity index (χ0) is 15.9. The first-order chi connectivity index (χ1) is 11.3. The van der Waals surface area contributed by atoms with Gasteiger partial charge in [-0.1, -0.05) is 42.1 Å². The molecule has 1 aliphatic rings. The molecule has 0 aliphatic carbocycles. The highest BCUT2D eigenvalue weighted by Crippen LogP contribution is 2.24. The Labute approximate surface area is 145 Å². The fraction of sp³-hybridized carbons (Fsp3) is 0.353. The van der Waals surface area contributed by atoms with Crippen LogP contribution in [0.3, 0.4) is 0 Å². The first kappa shape index (κ1) is 16.3. The summed E-state index contributed by atoms with van der Waals surface area (Å²) < 4.78 is 0. The molecule has 0 radical (unpaired) electrons. The van der Waals surface area contributed by atoms with E-state index in [0.717, 1.165) is 41.8 Å². The number of rotatable bonds is 4. The average molecular weight is 345 g/mol. The smallest absolute Gasteiger partial charge is 0.275 e. The van der Waals surface area contributed by atoms with Gasteiger partial charge in [-0.15, -0.1) is 0 Å². The second kappa shape index (κ2) is 8.36. The molecular weight excluding hydrogens is 326 g/mol. The summed E-state index contributed by atoms with van der Waals surface area (Å²) in [5.74, 6) is 2.92. The summed E-state index contributed by atoms with van der Waals surface area (Å²) in [6, 6.07) is 10.2. The summed E-state index contributed by atoms with van der Waals surface area (Å²) in [5, 5.41) is 0.721. The minimum atomic E-state index is 0.0103. The lowest BCUT2D eigenvalue weighted by molar-refractivity contribution is 0.0758. The molecule has 1 aromatic heterocycles. The molecule has 1 aliphatic heterocycles. The lowest BCUT2D eigenvalue weighted by Gasteiger charge is -2.20. The number of aromatic nitrogens is 2. The van der Waals surface area contributed by atoms with Gasteiger partial charge in [-0.05, 0) is 17.7 Å². The van der Waals surface area contributed by atoms with Crippen LogP contribution in [0.1, 0.15) is 22.5 Å². The second-order valence-corrected chi connectivity index (χ2v) is 7.43. The van der Waals surface area contributed by atoms with Crippen molar-refractivity contribution in [3.8, 4) is 0 Å². The summed E-state index contributed by atoms with van der Waals surface area (Å²) in [7, 11) is 0. The maximum Gasteiger partial charge on any atom is 0.275 e. The van der Waals surface area contributed by atoms with E-state index in [0.29, 0.717) is 5.69 Å². The number of hydrogen-bond acceptors (Lipinski definition) is 5. The van der Waals surface area contributed by atoms with Crippen LogP contribution in [0.4, 0.5) is 0 Å². The molecule has 1 amide bonds. The van der Waals surface area contributed by atoms with E-state index in [1.165, 1.54) is 5.56 Å². The first-order valence-electron chi connectivity index (χ1n) is 7.69. The van der Waals surface area contributed by atoms with Gasteiger partial charge >= 0.3 is 0 Å². The van der Waals surface area contributed by atoms with Crippen LogP contribution in [-0.2, 0) is 5.75 Å². The van der Waals surface area contributed by atoms with Gasteiger partial charge < -0.3 is 4.90 Å². The molecule has 1 saturated heterocycles. The zero-order valence-electron chi connectivity index (χ0n) is 12.9. The zero-order valence-corrected chi connectivity index (χ0v) is 14.5. The number of thioether (sulfide) groups is 2. The van der Waals surface area contributed by atoms with Crippen LogP contribution in [0, 0.1) is 0 Å². The third-order valence-electron chi connectivity index (χ3n) is 3.60. The van der Waals surface area contributed by atoms with Crippen LogP contribution >= 0.6 is 23.5 Å². The highest BCUT2D eigenvalue weighted by atomic mass is 32.2. The van der Waals surface area contributed by atoms with Crippen LogP contribution in [0.2, 0.25) is 0 Å². The van der Waals surface area contributed by atoms with Crippen LogP contribution in [-0.4, -0.2) is 45.4 Å². The number of benzene rings is 1. The predicted octanol–water partition coefficient (Wildman–Crippen LogP) is 3.35. The molecule has 1 aromatic carbocycles. The Morgan fingerprint density at radius 3 is 2.83 bits per heavy atom. The highest BCUT2D eigenvalue weighted by molar-refractivity contribution is 7.99. The number of carbonyl (C=O) groups is 1. The van der Waals surface area contributed by atoms with Gasteiger partial charge in [-0.2, -0.15) is 11.8 Å². The lowest BCUT2D eigenvalue weighted by atomic mass is 10.2. The highest BCUT2D eigenvalue weighted by Gasteiger charge is 2.22. The number of amides is 1. The molecule has 120 valence electrons. The van der Waals surface area contributed by atoms with Gasteiger partial charge in [0.15, 0.2) is 5.69 Å². The Balaban J connectivity index is 1.73. The standard InChI is InChI=1S/C17H19N3OS2/c21-17(20-9-4-11-22-12-10-20)15-16(19-8-7-18-15)23-13-14-5-2-1-3-6-14/h1-3,5-8H,4,9-13H2. The molecule has 3 rings (SSSR count). The summed E-state index contributed by atoms with van der Waals surface area (Å²) in [6.45, 7) is 1.61. The van der Waals surface area contributed by atoms with E-state index >= 15 is 0 Å². The molecule has 0 bridgehead atoms. The van der Waals surface area contributed by atoms with Crippen molar-refractivity contribution in [2.75, 3.05) is 24.6 Å². The minimum Gasteiger partial charge on any atom is -0.336 e. The number of hydrogen-bond donors (Lipinski definition) is 0. The molecule has 0 atom stereocenters. The van der Waals surface area contributed by atoms with Crippen molar-refractivity contribution in [3.63, 3.8) is 0 Å². The molecular formula is C17H19N3OS2. The Hall–Kier alpha value is -1.53. The molecule has 0 spiro atoms. The van der Waals surface area contributed by atoms with Crippen LogP contribution in [0.5, 0.6) is 0 Å². The number of carbonyl (C=O) groups excluding carboxylic acids is 1. The molecule has 2 heterocycles. The van der Waals surface area contributed by atoms with Gasteiger partial charge in [0.2, 0.25) is 0 Å². The molecule has 6 heteroatoms. The normalized spacial score (nSPS) is 15.2. The predicted molar refractivity (Wildman–Crippen MR) is 95.9 cm³/mol. The monoisotopic (exact) mass is 345 g/mol. The summed E-state index contributed by atoms with van der Waals surface area (Å²) in [6.07, 6.45) is 4.30. The van der Waals surface area contributed by atoms with Crippen molar-refractivity contribution < 1.29 is 4.79 Å². The summed E-state index contributed by atoms with van der Waals surface area (Å²) in [4.78, 5) is 23.4. The van der Waals surface area contributed by atoms with Crippen molar-refractivity contribution in [1.82, 2.24) is 14.9 Å². The summed E-state index contributed by atoms with van der Waals surface area (Å²) in [5.41, 5.74) is 1.70. The van der Waals surface area contributed by atoms with Crippen molar-refractivity contribution in [2.24, 2.45) is 0 Å². The first-order valence-corrected chi connectivity index (χ1v) is 9.83. The quantitative estimate of drug-likeness (QED) is 0.795. The van der Waals surface area contributed by atoms with Gasteiger partial charge in [0.1, 0.15) is 5.03 Å². The van der Waals surface area contributed by atoms with Gasteiger partial charge in [0.05, 0.1) is 0 Å². The van der Waals surface area contributed by atoms with Crippen LogP contribution in [0.15, 0.2) is 47.8 Å². The molecule has 4 nitrogen and oxygen atoms in total. The van der Waals surface area contributed by atoms with E-state index < -0.39 is 0 Å². The third kappa shape index (κ3) is 4.48. The van der Waals surface area contributed by atoms with Crippen molar-refractivity contribution in [1.29, 1.82) is 0 Å². The van der Waals surface area contributed by atoms with E-state index in [9.17, 15) is 4.79 Å². The van der Waals surface area contributed by atoms with Gasteiger partial charge in [0, 0.05) is 37.0 Å². The minimum absolute atomic E-state index is 0.0103. The molecule has 0 unspecified atom stereocenters. The molecule has 0 N–H and O–H groups in total. The van der Waals surface area contributed by atoms with Gasteiger partial charge in [-0.25, -0.2) is 9.97 Å². The topological polar surface area (TPSA) is 46.1 Å². The van der Waals surface area contributed by atoms with Crippen molar-refractivity contribution >= 4 is 29.4 Å². The van der Waals surface area contributed by atoms with E-state index in [1.54, 1.807) is 24.2 Å². The fourth-order valence-corrected chi connectivity index (χ4v) is 4.20. The molecule has 23 heavy (non-hydrogen) atoms. The third-order valence-corrected chi connectivity index (χ3v) is 5.69. The lowest BCUT2D eigenvalue weighted by Crippen LogP contribution is -2.34. The molecule has 2 aromatic rings. The van der Waals surface area contributed by atoms with Crippen LogP contribution < -0.4 is 0 Å². The second-order valence-electron chi connectivity index (χ2n) is 5.24.